The van der Waals surface area contributed by atoms with Crippen LogP contribution in [0, 0.1) is 6.92 Å². The van der Waals surface area contributed by atoms with Gasteiger partial charge in [-0.2, -0.15) is 0 Å². The molecule has 21 heavy (non-hydrogen) atoms. The van der Waals surface area contributed by atoms with E-state index in [2.05, 4.69) is 10.3 Å². The van der Waals surface area contributed by atoms with Gasteiger partial charge in [-0.25, -0.2) is 4.79 Å². The molecule has 106 valence electrons. The van der Waals surface area contributed by atoms with Gasteiger partial charge >= 0.3 is 5.76 Å². The minimum Gasteiger partial charge on any atom is -0.462 e. The van der Waals surface area contributed by atoms with Crippen LogP contribution >= 0.6 is 0 Å². The zero-order valence-electron chi connectivity index (χ0n) is 11.2. The highest BCUT2D eigenvalue weighted by atomic mass is 16.4. The molecule has 0 saturated carbocycles. The molecule has 0 atom stereocenters. The second kappa shape index (κ2) is 5.16. The number of oxazole rings is 1. The van der Waals surface area contributed by atoms with Crippen LogP contribution in [0.25, 0.3) is 17.2 Å². The molecule has 0 aliphatic rings. The van der Waals surface area contributed by atoms with E-state index in [0.29, 0.717) is 22.5 Å². The molecule has 0 aliphatic carbocycles. The van der Waals surface area contributed by atoms with Crippen molar-refractivity contribution in [1.82, 2.24) is 4.98 Å². The van der Waals surface area contributed by atoms with Crippen LogP contribution in [0.5, 0.6) is 0 Å². The number of carbonyl (C=O) groups excluding carboxylic acids is 1. The maximum absolute atomic E-state index is 11.8. The van der Waals surface area contributed by atoms with Crippen LogP contribution in [0.1, 0.15) is 11.5 Å². The van der Waals surface area contributed by atoms with Crippen LogP contribution in [0.3, 0.4) is 0 Å². The van der Waals surface area contributed by atoms with Crippen LogP contribution in [-0.2, 0) is 4.79 Å². The molecule has 2 N–H and O–H groups in total. The number of nitrogens with one attached hydrogen (secondary N) is 2. The number of carbonyl (C=O) groups is 1. The molecule has 3 rings (SSSR count). The lowest BCUT2D eigenvalue weighted by molar-refractivity contribution is -0.111. The summed E-state index contributed by atoms with van der Waals surface area (Å²) in [6.45, 7) is 1.83. The summed E-state index contributed by atoms with van der Waals surface area (Å²) in [4.78, 5) is 25.4. The topological polar surface area (TPSA) is 88.2 Å². The van der Waals surface area contributed by atoms with E-state index in [4.69, 9.17) is 8.83 Å². The van der Waals surface area contributed by atoms with Crippen molar-refractivity contribution in [2.45, 2.75) is 6.92 Å². The number of H-pyrrole nitrogens is 1. The third kappa shape index (κ3) is 2.94. The molecule has 0 saturated heterocycles. The summed E-state index contributed by atoms with van der Waals surface area (Å²) in [5, 5.41) is 2.69. The zero-order valence-corrected chi connectivity index (χ0v) is 11.2. The number of fused-ring (bicyclic) bond motifs is 1. The molecule has 2 aromatic heterocycles. The fourth-order valence-corrected chi connectivity index (χ4v) is 1.91. The molecule has 6 nitrogen and oxygen atoms in total. The van der Waals surface area contributed by atoms with E-state index in [1.54, 1.807) is 30.3 Å². The number of anilines is 1. The largest absolute Gasteiger partial charge is 0.462 e. The van der Waals surface area contributed by atoms with Gasteiger partial charge in [-0.3, -0.25) is 9.78 Å². The Balaban J connectivity index is 1.73. The van der Waals surface area contributed by atoms with Crippen molar-refractivity contribution < 1.29 is 13.6 Å². The Bertz CT molecular complexity index is 882. The molecule has 3 aromatic rings. The Morgan fingerprint density at radius 2 is 2.10 bits per heavy atom. The summed E-state index contributed by atoms with van der Waals surface area (Å²) in [6.07, 6.45) is 2.96. The van der Waals surface area contributed by atoms with Gasteiger partial charge in [0.25, 0.3) is 0 Å². The van der Waals surface area contributed by atoms with Gasteiger partial charge in [-0.05, 0) is 43.3 Å². The second-order valence-corrected chi connectivity index (χ2v) is 4.50. The molecule has 1 aromatic carbocycles. The Kier molecular flexibility index (Phi) is 3.19. The summed E-state index contributed by atoms with van der Waals surface area (Å²) in [5.74, 6) is 0.567. The number of hydrogen-bond donors (Lipinski definition) is 2. The number of aryl methyl sites for hydroxylation is 1. The quantitative estimate of drug-likeness (QED) is 0.724. The average molecular weight is 284 g/mol. The van der Waals surface area contributed by atoms with Crippen LogP contribution in [0.4, 0.5) is 5.69 Å². The van der Waals surface area contributed by atoms with Crippen molar-refractivity contribution in [2.75, 3.05) is 5.32 Å². The number of hydrogen-bond acceptors (Lipinski definition) is 4. The highest BCUT2D eigenvalue weighted by Crippen LogP contribution is 2.16. The van der Waals surface area contributed by atoms with E-state index in [1.807, 2.05) is 13.0 Å². The van der Waals surface area contributed by atoms with E-state index in [0.717, 1.165) is 5.76 Å². The predicted molar refractivity (Wildman–Crippen MR) is 77.9 cm³/mol. The van der Waals surface area contributed by atoms with Gasteiger partial charge in [0.05, 0.1) is 5.52 Å². The minimum absolute atomic E-state index is 0.297. The number of amides is 1. The van der Waals surface area contributed by atoms with Crippen molar-refractivity contribution >= 4 is 28.8 Å². The molecular weight excluding hydrogens is 272 g/mol. The molecule has 6 heteroatoms. The van der Waals surface area contributed by atoms with Crippen LogP contribution in [-0.4, -0.2) is 10.9 Å². The molecular formula is C15H12N2O4. The highest BCUT2D eigenvalue weighted by Gasteiger charge is 2.04. The fourth-order valence-electron chi connectivity index (χ4n) is 1.91. The third-order valence-electron chi connectivity index (χ3n) is 2.85. The summed E-state index contributed by atoms with van der Waals surface area (Å²) in [6, 6.07) is 8.50. The Morgan fingerprint density at radius 1 is 1.24 bits per heavy atom. The molecule has 0 radical (unpaired) electrons. The van der Waals surface area contributed by atoms with Crippen LogP contribution < -0.4 is 11.1 Å². The van der Waals surface area contributed by atoms with Gasteiger partial charge in [0.1, 0.15) is 11.5 Å². The second-order valence-electron chi connectivity index (χ2n) is 4.50. The number of benzene rings is 1. The lowest BCUT2D eigenvalue weighted by atomic mass is 10.3. The molecule has 2 heterocycles. The van der Waals surface area contributed by atoms with E-state index in [1.165, 1.54) is 6.08 Å². The molecule has 0 unspecified atom stereocenters. The summed E-state index contributed by atoms with van der Waals surface area (Å²) in [5.41, 5.74) is 1.54. The minimum atomic E-state index is -0.526. The number of aromatic amines is 1. The first kappa shape index (κ1) is 13.0. The predicted octanol–water partition coefficient (Wildman–Crippen LogP) is 2.67. The molecule has 0 bridgehead atoms. The van der Waals surface area contributed by atoms with Gasteiger partial charge in [0.2, 0.25) is 5.91 Å². The Morgan fingerprint density at radius 3 is 2.86 bits per heavy atom. The van der Waals surface area contributed by atoms with Crippen LogP contribution in [0.2, 0.25) is 0 Å². The van der Waals surface area contributed by atoms with Crippen molar-refractivity contribution in [1.29, 1.82) is 0 Å². The van der Waals surface area contributed by atoms with Gasteiger partial charge < -0.3 is 14.2 Å². The summed E-state index contributed by atoms with van der Waals surface area (Å²) < 4.78 is 10.2. The van der Waals surface area contributed by atoms with Gasteiger partial charge in [0.15, 0.2) is 5.58 Å². The molecule has 1 amide bonds. The van der Waals surface area contributed by atoms with Gasteiger partial charge in [0, 0.05) is 11.8 Å². The van der Waals surface area contributed by atoms with Crippen molar-refractivity contribution in [3.63, 3.8) is 0 Å². The molecule has 0 aliphatic heterocycles. The Hall–Kier alpha value is -3.02. The average Bonchev–Trinajstić information content (AvgIpc) is 3.01. The SMILES string of the molecule is Cc1ccc(/C=C/C(=O)Nc2ccc3oc(=O)[nH]c3c2)o1. The summed E-state index contributed by atoms with van der Waals surface area (Å²) in [7, 11) is 0. The van der Waals surface area contributed by atoms with E-state index in [-0.39, 0.29) is 5.91 Å². The smallest absolute Gasteiger partial charge is 0.417 e. The standard InChI is InChI=1S/C15H12N2O4/c1-9-2-4-11(20-9)5-7-14(18)16-10-3-6-13-12(8-10)17-15(19)21-13/h2-8H,1H3,(H,16,18)(H,17,19)/b7-5+. The number of rotatable bonds is 3. The first-order chi connectivity index (χ1) is 10.1. The van der Waals surface area contributed by atoms with E-state index >= 15 is 0 Å². The maximum atomic E-state index is 11.8. The first-order valence-corrected chi connectivity index (χ1v) is 6.28. The van der Waals surface area contributed by atoms with Gasteiger partial charge in [-0.15, -0.1) is 0 Å². The molecule has 0 spiro atoms. The lowest BCUT2D eigenvalue weighted by Crippen LogP contribution is -2.07. The van der Waals surface area contributed by atoms with E-state index in [9.17, 15) is 9.59 Å². The first-order valence-electron chi connectivity index (χ1n) is 6.28. The number of aromatic nitrogens is 1. The third-order valence-corrected chi connectivity index (χ3v) is 2.85. The lowest BCUT2D eigenvalue weighted by Gasteiger charge is -2.00. The maximum Gasteiger partial charge on any atom is 0.417 e. The number of furan rings is 1. The van der Waals surface area contributed by atoms with Crippen LogP contribution in [0.15, 0.2) is 50.0 Å². The van der Waals surface area contributed by atoms with Crippen molar-refractivity contribution in [2.24, 2.45) is 0 Å². The van der Waals surface area contributed by atoms with Crippen molar-refractivity contribution in [3.05, 3.63) is 58.5 Å². The van der Waals surface area contributed by atoms with Gasteiger partial charge in [-0.1, -0.05) is 0 Å². The highest BCUT2D eigenvalue weighted by molar-refractivity contribution is 6.02. The Labute approximate surface area is 119 Å². The molecule has 0 fully saturated rings. The summed E-state index contributed by atoms with van der Waals surface area (Å²) >= 11 is 0. The van der Waals surface area contributed by atoms with Crippen molar-refractivity contribution in [3.8, 4) is 0 Å². The monoisotopic (exact) mass is 284 g/mol. The van der Waals surface area contributed by atoms with E-state index < -0.39 is 5.76 Å². The normalized spacial score (nSPS) is 11.3. The fraction of sp³-hybridized carbons (Fsp3) is 0.0667. The zero-order chi connectivity index (χ0) is 14.8.